The molecule has 2 aromatic rings. The van der Waals surface area contributed by atoms with Crippen molar-refractivity contribution in [3.8, 4) is 0 Å². The van der Waals surface area contributed by atoms with E-state index in [4.69, 9.17) is 0 Å². The number of rotatable bonds is 2. The monoisotopic (exact) mass is 265 g/mol. The van der Waals surface area contributed by atoms with Crippen molar-refractivity contribution in [2.24, 2.45) is 0 Å². The third-order valence-electron chi connectivity index (χ3n) is 3.98. The Bertz CT molecular complexity index is 619. The van der Waals surface area contributed by atoms with Gasteiger partial charge in [0.15, 0.2) is 0 Å². The van der Waals surface area contributed by atoms with Gasteiger partial charge in [-0.15, -0.1) is 0 Å². The van der Waals surface area contributed by atoms with Gasteiger partial charge in [-0.1, -0.05) is 48.5 Å². The minimum atomic E-state index is 0.170. The van der Waals surface area contributed by atoms with Crippen LogP contribution in [-0.2, 0) is 24.2 Å². The Kier molecular flexibility index (Phi) is 3.55. The predicted octanol–water partition coefficient (Wildman–Crippen LogP) is 3.18. The van der Waals surface area contributed by atoms with Gasteiger partial charge in [-0.3, -0.25) is 4.79 Å². The lowest BCUT2D eigenvalue weighted by Gasteiger charge is -2.28. The average Bonchev–Trinajstić information content (AvgIpc) is 2.47. The molecule has 0 atom stereocenters. The van der Waals surface area contributed by atoms with E-state index in [9.17, 15) is 4.79 Å². The molecule has 102 valence electrons. The molecular formula is C18H19NO. The molecule has 0 fully saturated rings. The van der Waals surface area contributed by atoms with Gasteiger partial charge in [-0.05, 0) is 35.1 Å². The van der Waals surface area contributed by atoms with Gasteiger partial charge in [0.2, 0.25) is 5.91 Å². The highest BCUT2D eigenvalue weighted by Crippen LogP contribution is 2.21. The van der Waals surface area contributed by atoms with Gasteiger partial charge in [0, 0.05) is 20.0 Å². The molecular weight excluding hydrogens is 246 g/mol. The van der Waals surface area contributed by atoms with E-state index >= 15 is 0 Å². The fourth-order valence-corrected chi connectivity index (χ4v) is 2.82. The summed E-state index contributed by atoms with van der Waals surface area (Å²) < 4.78 is 0. The van der Waals surface area contributed by atoms with Crippen molar-refractivity contribution in [3.05, 3.63) is 70.8 Å². The van der Waals surface area contributed by atoms with Crippen molar-refractivity contribution in [1.82, 2.24) is 4.90 Å². The molecule has 0 saturated heterocycles. The van der Waals surface area contributed by atoms with E-state index in [-0.39, 0.29) is 5.91 Å². The van der Waals surface area contributed by atoms with Crippen molar-refractivity contribution >= 4 is 5.91 Å². The van der Waals surface area contributed by atoms with Gasteiger partial charge in [0.1, 0.15) is 0 Å². The molecule has 0 unspecified atom stereocenters. The van der Waals surface area contributed by atoms with Gasteiger partial charge in [-0.2, -0.15) is 0 Å². The Balaban J connectivity index is 1.79. The summed E-state index contributed by atoms with van der Waals surface area (Å²) in [6, 6.07) is 17.2. The minimum absolute atomic E-state index is 0.170. The number of hydrogen-bond donors (Lipinski definition) is 0. The first-order valence-electron chi connectivity index (χ1n) is 7.12. The third kappa shape index (κ3) is 2.74. The maximum absolute atomic E-state index is 11.4. The van der Waals surface area contributed by atoms with Crippen molar-refractivity contribution in [2.45, 2.75) is 26.3 Å². The molecule has 1 amide bonds. The van der Waals surface area contributed by atoms with Crippen LogP contribution >= 0.6 is 0 Å². The van der Waals surface area contributed by atoms with E-state index in [1.54, 1.807) is 6.92 Å². The fourth-order valence-electron chi connectivity index (χ4n) is 2.82. The quantitative estimate of drug-likeness (QED) is 0.816. The molecule has 1 aliphatic heterocycles. The Labute approximate surface area is 120 Å². The molecule has 0 aromatic heterocycles. The molecule has 0 saturated carbocycles. The van der Waals surface area contributed by atoms with Crippen molar-refractivity contribution in [2.75, 3.05) is 6.54 Å². The zero-order valence-corrected chi connectivity index (χ0v) is 11.8. The van der Waals surface area contributed by atoms with Crippen LogP contribution in [0.2, 0.25) is 0 Å². The molecule has 0 radical (unpaired) electrons. The Morgan fingerprint density at radius 3 is 2.60 bits per heavy atom. The van der Waals surface area contributed by atoms with E-state index in [1.165, 1.54) is 22.3 Å². The fraction of sp³-hybridized carbons (Fsp3) is 0.278. The molecule has 1 heterocycles. The van der Waals surface area contributed by atoms with E-state index < -0.39 is 0 Å². The van der Waals surface area contributed by atoms with Gasteiger partial charge in [0.05, 0.1) is 0 Å². The smallest absolute Gasteiger partial charge is 0.219 e. The molecule has 0 spiro atoms. The molecule has 1 aliphatic rings. The van der Waals surface area contributed by atoms with Crippen LogP contribution in [0.3, 0.4) is 0 Å². The van der Waals surface area contributed by atoms with Crippen molar-refractivity contribution < 1.29 is 4.79 Å². The molecule has 2 heteroatoms. The molecule has 0 bridgehead atoms. The third-order valence-corrected chi connectivity index (χ3v) is 3.98. The molecule has 2 nitrogen and oxygen atoms in total. The zero-order valence-electron chi connectivity index (χ0n) is 11.8. The first-order chi connectivity index (χ1) is 9.72. The molecule has 20 heavy (non-hydrogen) atoms. The zero-order chi connectivity index (χ0) is 13.9. The van der Waals surface area contributed by atoms with E-state index in [1.807, 2.05) is 11.0 Å². The summed E-state index contributed by atoms with van der Waals surface area (Å²) in [5.41, 5.74) is 5.39. The van der Waals surface area contributed by atoms with Gasteiger partial charge in [-0.25, -0.2) is 0 Å². The first kappa shape index (κ1) is 12.9. The van der Waals surface area contributed by atoms with Gasteiger partial charge < -0.3 is 4.90 Å². The highest BCUT2D eigenvalue weighted by molar-refractivity contribution is 5.73. The van der Waals surface area contributed by atoms with E-state index in [2.05, 4.69) is 42.5 Å². The first-order valence-corrected chi connectivity index (χ1v) is 7.12. The summed E-state index contributed by atoms with van der Waals surface area (Å²) >= 11 is 0. The second-order valence-electron chi connectivity index (χ2n) is 5.46. The summed E-state index contributed by atoms with van der Waals surface area (Å²) in [5.74, 6) is 0.170. The van der Waals surface area contributed by atoms with Crippen LogP contribution in [0.1, 0.15) is 29.2 Å². The number of amides is 1. The standard InChI is InChI=1S/C18H19NO/c1-14(20)19-10-9-17-12-16(7-8-18(17)13-19)11-15-5-3-2-4-6-15/h2-8,12H,9-11,13H2,1H3. The average molecular weight is 265 g/mol. The summed E-state index contributed by atoms with van der Waals surface area (Å²) in [6.07, 6.45) is 1.95. The van der Waals surface area contributed by atoms with Gasteiger partial charge >= 0.3 is 0 Å². The van der Waals surface area contributed by atoms with Crippen LogP contribution in [0.15, 0.2) is 48.5 Å². The highest BCUT2D eigenvalue weighted by atomic mass is 16.2. The second kappa shape index (κ2) is 5.49. The van der Waals surface area contributed by atoms with Crippen LogP contribution in [-0.4, -0.2) is 17.4 Å². The van der Waals surface area contributed by atoms with E-state index in [0.717, 1.165) is 25.9 Å². The van der Waals surface area contributed by atoms with E-state index in [0.29, 0.717) is 0 Å². The lowest BCUT2D eigenvalue weighted by molar-refractivity contribution is -0.129. The van der Waals surface area contributed by atoms with Crippen LogP contribution in [0, 0.1) is 0 Å². The van der Waals surface area contributed by atoms with Crippen molar-refractivity contribution in [3.63, 3.8) is 0 Å². The largest absolute Gasteiger partial charge is 0.338 e. The lowest BCUT2D eigenvalue weighted by Crippen LogP contribution is -2.34. The molecule has 2 aromatic carbocycles. The maximum Gasteiger partial charge on any atom is 0.219 e. The van der Waals surface area contributed by atoms with Crippen LogP contribution in [0.4, 0.5) is 0 Å². The van der Waals surface area contributed by atoms with Crippen LogP contribution in [0.5, 0.6) is 0 Å². The van der Waals surface area contributed by atoms with Crippen LogP contribution < -0.4 is 0 Å². The van der Waals surface area contributed by atoms with Crippen LogP contribution in [0.25, 0.3) is 0 Å². The Hall–Kier alpha value is -2.09. The number of fused-ring (bicyclic) bond motifs is 1. The summed E-state index contributed by atoms with van der Waals surface area (Å²) in [6.45, 7) is 3.25. The molecule has 0 aliphatic carbocycles. The molecule has 0 N–H and O–H groups in total. The SMILES string of the molecule is CC(=O)N1CCc2cc(Cc3ccccc3)ccc2C1. The molecule has 3 rings (SSSR count). The second-order valence-corrected chi connectivity index (χ2v) is 5.46. The number of benzene rings is 2. The summed E-state index contributed by atoms with van der Waals surface area (Å²) in [7, 11) is 0. The lowest BCUT2D eigenvalue weighted by atomic mass is 9.95. The number of nitrogens with zero attached hydrogens (tertiary/aromatic N) is 1. The summed E-state index contributed by atoms with van der Waals surface area (Å²) in [4.78, 5) is 13.4. The van der Waals surface area contributed by atoms with Crippen molar-refractivity contribution in [1.29, 1.82) is 0 Å². The maximum atomic E-state index is 11.4. The topological polar surface area (TPSA) is 20.3 Å². The minimum Gasteiger partial charge on any atom is -0.338 e. The number of carbonyl (C=O) groups excluding carboxylic acids is 1. The summed E-state index contributed by atoms with van der Waals surface area (Å²) in [5, 5.41) is 0. The normalized spacial score (nSPS) is 13.9. The van der Waals surface area contributed by atoms with Gasteiger partial charge in [0.25, 0.3) is 0 Å². The highest BCUT2D eigenvalue weighted by Gasteiger charge is 2.18. The Morgan fingerprint density at radius 1 is 1.05 bits per heavy atom. The predicted molar refractivity (Wildman–Crippen MR) is 80.5 cm³/mol. The number of hydrogen-bond acceptors (Lipinski definition) is 1. The number of carbonyl (C=O) groups is 1. The Morgan fingerprint density at radius 2 is 1.85 bits per heavy atom.